The van der Waals surface area contributed by atoms with Gasteiger partial charge in [0.15, 0.2) is 11.6 Å². The van der Waals surface area contributed by atoms with Crippen LogP contribution in [0.1, 0.15) is 98.0 Å². The Hall–Kier alpha value is -4.88. The molecule has 0 saturated heterocycles. The molecule has 0 spiro atoms. The Balaban J connectivity index is 1.88. The lowest BCUT2D eigenvalue weighted by Gasteiger charge is -2.24. The Kier molecular flexibility index (Phi) is 17.2. The summed E-state index contributed by atoms with van der Waals surface area (Å²) in [7, 11) is 0. The third kappa shape index (κ3) is 15.7. The summed E-state index contributed by atoms with van der Waals surface area (Å²) in [5.74, 6) is -3.49. The summed E-state index contributed by atoms with van der Waals surface area (Å²) >= 11 is 0. The molecular weight excluding hydrogens is 658 g/mol. The van der Waals surface area contributed by atoms with Crippen molar-refractivity contribution in [3.63, 3.8) is 0 Å². The van der Waals surface area contributed by atoms with E-state index in [4.69, 9.17) is 10.5 Å². The molecule has 0 aliphatic carbocycles. The molecule has 0 unspecified atom stereocenters. The summed E-state index contributed by atoms with van der Waals surface area (Å²) in [4.78, 5) is 99.2. The van der Waals surface area contributed by atoms with Crippen LogP contribution in [0.3, 0.4) is 0 Å². The minimum Gasteiger partial charge on any atom is -0.460 e. The fourth-order valence-corrected chi connectivity index (χ4v) is 5.22. The highest BCUT2D eigenvalue weighted by molar-refractivity contribution is 6.14. The number of imide groups is 1. The standard InChI is InChI=1S/C37H53N5O9/c1-24(2)33(41-30(45)13-9-7-6-8-12-28(43)22-42-31(46)18-19-32(42)47)29(44)21-26(11-10-20-39-36(38)50)34(48)40-27-16-14-25(15-17-27)23-51-35(49)37(3,4)5/h14-19,24,26,33H,6-13,20-23H2,1-5H3,(H,40,48)(H,41,45)(H3,38,39,50)/t26-,33+/m1/s1. The van der Waals surface area contributed by atoms with Crippen molar-refractivity contribution < 1.29 is 43.1 Å². The minimum absolute atomic E-state index is 0.0863. The maximum absolute atomic E-state index is 13.5. The molecule has 1 aliphatic heterocycles. The first kappa shape index (κ1) is 42.3. The fourth-order valence-electron chi connectivity index (χ4n) is 5.22. The lowest BCUT2D eigenvalue weighted by molar-refractivity contribution is -0.154. The lowest BCUT2D eigenvalue weighted by Crippen LogP contribution is -2.45. The number of carbonyl (C=O) groups excluding carboxylic acids is 8. The molecule has 14 nitrogen and oxygen atoms in total. The van der Waals surface area contributed by atoms with Crippen LogP contribution in [0.4, 0.5) is 10.5 Å². The molecule has 0 radical (unpaired) electrons. The first-order chi connectivity index (χ1) is 24.0. The number of unbranched alkanes of at least 4 members (excludes halogenated alkanes) is 3. The van der Waals surface area contributed by atoms with E-state index >= 15 is 0 Å². The van der Waals surface area contributed by atoms with Gasteiger partial charge in [-0.3, -0.25) is 38.5 Å². The molecule has 1 aromatic carbocycles. The second-order valence-electron chi connectivity index (χ2n) is 14.2. The Labute approximate surface area is 299 Å². The molecule has 2 atom stereocenters. The number of rotatable bonds is 22. The second-order valence-corrected chi connectivity index (χ2v) is 14.2. The number of hydrogen-bond donors (Lipinski definition) is 4. The van der Waals surface area contributed by atoms with Gasteiger partial charge >= 0.3 is 12.0 Å². The monoisotopic (exact) mass is 711 g/mol. The predicted molar refractivity (Wildman–Crippen MR) is 190 cm³/mol. The molecular formula is C37H53N5O9. The van der Waals surface area contributed by atoms with Crippen LogP contribution in [-0.2, 0) is 44.9 Å². The van der Waals surface area contributed by atoms with Crippen LogP contribution < -0.4 is 21.7 Å². The third-order valence-electron chi connectivity index (χ3n) is 8.23. The molecule has 1 aliphatic rings. The van der Waals surface area contributed by atoms with Crippen molar-refractivity contribution in [2.45, 2.75) is 105 Å². The number of amides is 6. The van der Waals surface area contributed by atoms with Crippen LogP contribution in [0.25, 0.3) is 0 Å². The van der Waals surface area contributed by atoms with Crippen LogP contribution in [-0.4, -0.2) is 71.2 Å². The van der Waals surface area contributed by atoms with Gasteiger partial charge in [-0.25, -0.2) is 4.79 Å². The van der Waals surface area contributed by atoms with Crippen molar-refractivity contribution in [1.82, 2.24) is 15.5 Å². The topological polar surface area (TPSA) is 211 Å². The number of ketones is 2. The number of anilines is 1. The van der Waals surface area contributed by atoms with Crippen molar-refractivity contribution in [1.29, 1.82) is 0 Å². The zero-order valence-electron chi connectivity index (χ0n) is 30.4. The Bertz CT molecular complexity index is 1430. The second kappa shape index (κ2) is 20.7. The van der Waals surface area contributed by atoms with E-state index in [0.29, 0.717) is 37.8 Å². The Morgan fingerprint density at radius 1 is 0.863 bits per heavy atom. The minimum atomic E-state index is -0.810. The molecule has 0 saturated carbocycles. The summed E-state index contributed by atoms with van der Waals surface area (Å²) in [5, 5.41) is 8.15. The highest BCUT2D eigenvalue weighted by Crippen LogP contribution is 2.21. The highest BCUT2D eigenvalue weighted by atomic mass is 16.5. The fraction of sp³-hybridized carbons (Fsp3) is 0.568. The van der Waals surface area contributed by atoms with Crippen molar-refractivity contribution in [2.75, 3.05) is 18.4 Å². The number of Topliss-reactive ketones (excluding diaryl/α,β-unsaturated/α-hetero) is 2. The zero-order chi connectivity index (χ0) is 38.1. The number of nitrogens with zero attached hydrogens (tertiary/aromatic N) is 1. The van der Waals surface area contributed by atoms with Gasteiger partial charge in [0.1, 0.15) is 6.61 Å². The van der Waals surface area contributed by atoms with E-state index in [-0.39, 0.29) is 74.7 Å². The molecule has 1 heterocycles. The number of hydrogen-bond acceptors (Lipinski definition) is 9. The summed E-state index contributed by atoms with van der Waals surface area (Å²) in [6.45, 7) is 8.99. The van der Waals surface area contributed by atoms with E-state index in [1.807, 2.05) is 13.8 Å². The molecule has 2 rings (SSSR count). The van der Waals surface area contributed by atoms with E-state index in [1.54, 1.807) is 45.0 Å². The van der Waals surface area contributed by atoms with Gasteiger partial charge in [0.2, 0.25) is 11.8 Å². The average molecular weight is 712 g/mol. The van der Waals surface area contributed by atoms with Crippen LogP contribution in [0.2, 0.25) is 0 Å². The molecule has 0 fully saturated rings. The maximum atomic E-state index is 13.5. The molecule has 0 bridgehead atoms. The van der Waals surface area contributed by atoms with Gasteiger partial charge in [-0.2, -0.15) is 0 Å². The van der Waals surface area contributed by atoms with Crippen molar-refractivity contribution in [3.05, 3.63) is 42.0 Å². The molecule has 280 valence electrons. The number of esters is 1. The summed E-state index contributed by atoms with van der Waals surface area (Å²) in [6.07, 6.45) is 5.68. The van der Waals surface area contributed by atoms with Crippen LogP contribution in [0, 0.1) is 17.3 Å². The smallest absolute Gasteiger partial charge is 0.312 e. The van der Waals surface area contributed by atoms with Crippen LogP contribution >= 0.6 is 0 Å². The van der Waals surface area contributed by atoms with E-state index < -0.39 is 41.1 Å². The van der Waals surface area contributed by atoms with Gasteiger partial charge < -0.3 is 26.4 Å². The van der Waals surface area contributed by atoms with Crippen molar-refractivity contribution >= 4 is 52.9 Å². The molecule has 5 N–H and O–H groups in total. The molecule has 14 heteroatoms. The van der Waals surface area contributed by atoms with E-state index in [9.17, 15) is 38.4 Å². The lowest BCUT2D eigenvalue weighted by atomic mass is 9.89. The number of ether oxygens (including phenoxy) is 1. The number of urea groups is 1. The van der Waals surface area contributed by atoms with E-state index in [2.05, 4.69) is 16.0 Å². The number of benzene rings is 1. The van der Waals surface area contributed by atoms with E-state index in [0.717, 1.165) is 22.6 Å². The van der Waals surface area contributed by atoms with Gasteiger partial charge in [-0.15, -0.1) is 0 Å². The Morgan fingerprint density at radius 2 is 1.47 bits per heavy atom. The van der Waals surface area contributed by atoms with Crippen LogP contribution in [0.15, 0.2) is 36.4 Å². The summed E-state index contributed by atoms with van der Waals surface area (Å²) in [5.41, 5.74) is 5.76. The predicted octanol–water partition coefficient (Wildman–Crippen LogP) is 3.71. The first-order valence-corrected chi connectivity index (χ1v) is 17.5. The SMILES string of the molecule is CC(C)[C@H](NC(=O)CCCCCCC(=O)CN1C(=O)C=CC1=O)C(=O)C[C@@H](CCCNC(N)=O)C(=O)Nc1ccc(COC(=O)C(C)(C)C)cc1. The molecule has 6 amide bonds. The molecule has 51 heavy (non-hydrogen) atoms. The molecule has 0 aromatic heterocycles. The summed E-state index contributed by atoms with van der Waals surface area (Å²) < 4.78 is 5.34. The van der Waals surface area contributed by atoms with Crippen molar-refractivity contribution in [2.24, 2.45) is 23.0 Å². The number of nitrogens with two attached hydrogens (primary N) is 1. The first-order valence-electron chi connectivity index (χ1n) is 17.5. The van der Waals surface area contributed by atoms with Gasteiger partial charge in [-0.05, 0) is 70.1 Å². The van der Waals surface area contributed by atoms with E-state index in [1.165, 1.54) is 0 Å². The number of nitrogens with one attached hydrogen (secondary N) is 3. The zero-order valence-corrected chi connectivity index (χ0v) is 30.4. The normalized spacial score (nSPS) is 13.9. The highest BCUT2D eigenvalue weighted by Gasteiger charge is 2.30. The van der Waals surface area contributed by atoms with Gasteiger partial charge in [0.25, 0.3) is 11.8 Å². The maximum Gasteiger partial charge on any atom is 0.312 e. The molecule has 1 aromatic rings. The number of carbonyl (C=O) groups is 8. The van der Waals surface area contributed by atoms with Gasteiger partial charge in [0.05, 0.1) is 18.0 Å². The number of primary amides is 1. The summed E-state index contributed by atoms with van der Waals surface area (Å²) in [6, 6.07) is 5.31. The van der Waals surface area contributed by atoms with Crippen molar-refractivity contribution in [3.8, 4) is 0 Å². The van der Waals surface area contributed by atoms with Gasteiger partial charge in [0, 0.05) is 49.6 Å². The Morgan fingerprint density at radius 3 is 2.04 bits per heavy atom. The van der Waals surface area contributed by atoms with Crippen LogP contribution in [0.5, 0.6) is 0 Å². The third-order valence-corrected chi connectivity index (χ3v) is 8.23. The van der Waals surface area contributed by atoms with Gasteiger partial charge in [-0.1, -0.05) is 38.8 Å². The largest absolute Gasteiger partial charge is 0.460 e. The quantitative estimate of drug-likeness (QED) is 0.0783. The average Bonchev–Trinajstić information content (AvgIpc) is 3.37.